The highest BCUT2D eigenvalue weighted by molar-refractivity contribution is 5.63. The standard InChI is InChI=1S/C22H32N8/c1-3-14-6-7-18(26-22(14)30-8-4-5-16(23)13-30)21-17-9-19(15-10-25-29(2)12-15)24-11-20(17)27-28-21/h3,6-7,10,12,16-17,19-21,24,27-28H,1,4-5,8-9,11,13,23H2,2H3/t16-,17?,19?,20?,21?/m0/s1. The molecule has 0 amide bonds. The van der Waals surface area contributed by atoms with Crippen molar-refractivity contribution in [1.29, 1.82) is 0 Å². The monoisotopic (exact) mass is 408 g/mol. The number of rotatable bonds is 4. The molecule has 0 spiro atoms. The minimum atomic E-state index is 0.173. The van der Waals surface area contributed by atoms with Gasteiger partial charge in [0.2, 0.25) is 0 Å². The minimum absolute atomic E-state index is 0.173. The molecular weight excluding hydrogens is 376 g/mol. The summed E-state index contributed by atoms with van der Waals surface area (Å²) < 4.78 is 1.87. The van der Waals surface area contributed by atoms with Crippen LogP contribution in [0.1, 0.15) is 48.2 Å². The van der Waals surface area contributed by atoms with Gasteiger partial charge in [-0.3, -0.25) is 10.1 Å². The Labute approximate surface area is 177 Å². The lowest BCUT2D eigenvalue weighted by Crippen LogP contribution is -2.46. The molecule has 5 N–H and O–H groups in total. The van der Waals surface area contributed by atoms with E-state index >= 15 is 0 Å². The molecule has 5 rings (SSSR count). The maximum absolute atomic E-state index is 6.24. The molecule has 0 radical (unpaired) electrons. The maximum atomic E-state index is 6.24. The third kappa shape index (κ3) is 3.65. The SMILES string of the molecule is C=Cc1ccc(C2NNC3CNC(c4cnn(C)c4)CC32)nc1N1CCC[C@H](N)C1. The number of nitrogens with one attached hydrogen (secondary N) is 3. The number of nitrogens with zero attached hydrogens (tertiary/aromatic N) is 4. The Hall–Kier alpha value is -2.26. The van der Waals surface area contributed by atoms with Crippen molar-refractivity contribution >= 4 is 11.9 Å². The van der Waals surface area contributed by atoms with E-state index in [1.807, 2.05) is 24.0 Å². The van der Waals surface area contributed by atoms with Crippen molar-refractivity contribution in [3.05, 3.63) is 47.9 Å². The largest absolute Gasteiger partial charge is 0.355 e. The normalized spacial score (nSPS) is 31.5. The molecule has 4 unspecified atom stereocenters. The summed E-state index contributed by atoms with van der Waals surface area (Å²) in [6.45, 7) is 6.78. The van der Waals surface area contributed by atoms with Gasteiger partial charge in [-0.05, 0) is 31.4 Å². The lowest BCUT2D eigenvalue weighted by molar-refractivity contribution is 0.265. The van der Waals surface area contributed by atoms with E-state index in [0.717, 1.165) is 56.0 Å². The zero-order valence-corrected chi connectivity index (χ0v) is 17.6. The van der Waals surface area contributed by atoms with Gasteiger partial charge in [-0.1, -0.05) is 12.7 Å². The third-order valence-electron chi connectivity index (χ3n) is 6.81. The van der Waals surface area contributed by atoms with E-state index in [-0.39, 0.29) is 12.1 Å². The molecule has 0 aliphatic carbocycles. The van der Waals surface area contributed by atoms with Gasteiger partial charge in [-0.2, -0.15) is 5.10 Å². The molecule has 2 aromatic heterocycles. The molecule has 3 aliphatic heterocycles. The van der Waals surface area contributed by atoms with Gasteiger partial charge in [-0.25, -0.2) is 10.4 Å². The molecule has 8 heteroatoms. The van der Waals surface area contributed by atoms with Crippen LogP contribution in [0.2, 0.25) is 0 Å². The number of anilines is 1. The van der Waals surface area contributed by atoms with Crippen molar-refractivity contribution < 1.29 is 0 Å². The molecule has 30 heavy (non-hydrogen) atoms. The maximum Gasteiger partial charge on any atom is 0.136 e. The number of pyridine rings is 1. The Morgan fingerprint density at radius 1 is 1.30 bits per heavy atom. The third-order valence-corrected chi connectivity index (χ3v) is 6.81. The van der Waals surface area contributed by atoms with Gasteiger partial charge in [-0.15, -0.1) is 0 Å². The van der Waals surface area contributed by atoms with Crippen molar-refractivity contribution in [2.45, 2.75) is 43.4 Å². The van der Waals surface area contributed by atoms with Crippen LogP contribution in [0.4, 0.5) is 5.82 Å². The number of nitrogens with two attached hydrogens (primary N) is 1. The summed E-state index contributed by atoms with van der Waals surface area (Å²) in [7, 11) is 1.97. The number of piperidine rings is 2. The number of hydrazine groups is 1. The predicted molar refractivity (Wildman–Crippen MR) is 119 cm³/mol. The van der Waals surface area contributed by atoms with Crippen molar-refractivity contribution in [2.75, 3.05) is 24.5 Å². The van der Waals surface area contributed by atoms with Crippen molar-refractivity contribution in [3.63, 3.8) is 0 Å². The van der Waals surface area contributed by atoms with E-state index in [1.54, 1.807) is 0 Å². The average Bonchev–Trinajstić information content (AvgIpc) is 3.39. The highest BCUT2D eigenvalue weighted by Crippen LogP contribution is 2.38. The summed E-state index contributed by atoms with van der Waals surface area (Å²) in [5.41, 5.74) is 16.7. The first-order chi connectivity index (χ1) is 14.6. The van der Waals surface area contributed by atoms with Crippen LogP contribution in [-0.4, -0.2) is 46.5 Å². The molecule has 5 atom stereocenters. The number of aryl methyl sites for hydroxylation is 1. The van der Waals surface area contributed by atoms with Crippen LogP contribution in [0, 0.1) is 5.92 Å². The van der Waals surface area contributed by atoms with Gasteiger partial charge >= 0.3 is 0 Å². The topological polar surface area (TPSA) is 96.1 Å². The van der Waals surface area contributed by atoms with E-state index in [0.29, 0.717) is 18.0 Å². The zero-order chi connectivity index (χ0) is 20.7. The first-order valence-corrected chi connectivity index (χ1v) is 11.0. The second-order valence-corrected chi connectivity index (χ2v) is 8.88. The van der Waals surface area contributed by atoms with E-state index in [9.17, 15) is 0 Å². The zero-order valence-electron chi connectivity index (χ0n) is 17.6. The van der Waals surface area contributed by atoms with Crippen LogP contribution < -0.4 is 26.8 Å². The highest BCUT2D eigenvalue weighted by Gasteiger charge is 2.42. The second kappa shape index (κ2) is 8.11. The van der Waals surface area contributed by atoms with E-state index in [4.69, 9.17) is 10.7 Å². The number of hydrogen-bond donors (Lipinski definition) is 4. The Kier molecular flexibility index (Phi) is 5.32. The van der Waals surface area contributed by atoms with Crippen LogP contribution in [0.3, 0.4) is 0 Å². The van der Waals surface area contributed by atoms with Crippen molar-refractivity contribution in [1.82, 2.24) is 30.9 Å². The van der Waals surface area contributed by atoms with Crippen LogP contribution >= 0.6 is 0 Å². The highest BCUT2D eigenvalue weighted by atomic mass is 15.4. The molecular formula is C22H32N8. The van der Waals surface area contributed by atoms with Crippen LogP contribution in [0.25, 0.3) is 6.08 Å². The molecule has 5 heterocycles. The van der Waals surface area contributed by atoms with Crippen LogP contribution in [-0.2, 0) is 7.05 Å². The first-order valence-electron chi connectivity index (χ1n) is 11.0. The lowest BCUT2D eigenvalue weighted by atomic mass is 9.82. The fraction of sp³-hybridized carbons (Fsp3) is 0.545. The molecule has 0 saturated carbocycles. The Morgan fingerprint density at radius 3 is 2.97 bits per heavy atom. The van der Waals surface area contributed by atoms with Gasteiger partial charge in [0.1, 0.15) is 5.82 Å². The minimum Gasteiger partial charge on any atom is -0.355 e. The molecule has 0 bridgehead atoms. The molecule has 3 aliphatic rings. The Bertz CT molecular complexity index is 908. The molecule has 3 saturated heterocycles. The summed E-state index contributed by atoms with van der Waals surface area (Å²) >= 11 is 0. The van der Waals surface area contributed by atoms with Crippen molar-refractivity contribution in [3.8, 4) is 0 Å². The Balaban J connectivity index is 1.40. The van der Waals surface area contributed by atoms with Gasteiger partial charge in [0.05, 0.1) is 17.9 Å². The van der Waals surface area contributed by atoms with E-state index in [2.05, 4.69) is 51.1 Å². The van der Waals surface area contributed by atoms with Gasteiger partial charge < -0.3 is 16.0 Å². The predicted octanol–water partition coefficient (Wildman–Crippen LogP) is 1.25. The van der Waals surface area contributed by atoms with Crippen molar-refractivity contribution in [2.24, 2.45) is 18.7 Å². The van der Waals surface area contributed by atoms with Crippen LogP contribution in [0.5, 0.6) is 0 Å². The summed E-state index contributed by atoms with van der Waals surface area (Å²) in [5.74, 6) is 1.47. The molecule has 160 valence electrons. The van der Waals surface area contributed by atoms with E-state index < -0.39 is 0 Å². The molecule has 8 nitrogen and oxygen atoms in total. The fourth-order valence-corrected chi connectivity index (χ4v) is 5.20. The Morgan fingerprint density at radius 2 is 2.20 bits per heavy atom. The number of fused-ring (bicyclic) bond motifs is 1. The lowest BCUT2D eigenvalue weighted by Gasteiger charge is -2.35. The summed E-state index contributed by atoms with van der Waals surface area (Å²) in [6.07, 6.45) is 9.21. The van der Waals surface area contributed by atoms with Gasteiger partial charge in [0.15, 0.2) is 0 Å². The first kappa shape index (κ1) is 19.7. The van der Waals surface area contributed by atoms with Gasteiger partial charge in [0.25, 0.3) is 0 Å². The van der Waals surface area contributed by atoms with E-state index in [1.165, 1.54) is 5.56 Å². The average molecular weight is 409 g/mol. The summed E-state index contributed by atoms with van der Waals surface area (Å²) in [5, 5.41) is 8.02. The summed E-state index contributed by atoms with van der Waals surface area (Å²) in [4.78, 5) is 7.47. The fourth-order valence-electron chi connectivity index (χ4n) is 5.20. The quantitative estimate of drug-likeness (QED) is 0.605. The molecule has 3 fully saturated rings. The van der Waals surface area contributed by atoms with Gasteiger partial charge in [0, 0.05) is 68.0 Å². The summed E-state index contributed by atoms with van der Waals surface area (Å²) in [6, 6.07) is 5.38. The number of hydrogen-bond acceptors (Lipinski definition) is 7. The number of aromatic nitrogens is 3. The van der Waals surface area contributed by atoms with Crippen LogP contribution in [0.15, 0.2) is 31.1 Å². The smallest absolute Gasteiger partial charge is 0.136 e. The second-order valence-electron chi connectivity index (χ2n) is 8.88. The molecule has 0 aromatic carbocycles. The molecule has 2 aromatic rings.